The molecule has 0 spiro atoms. The summed E-state index contributed by atoms with van der Waals surface area (Å²) < 4.78 is 0. The topological polar surface area (TPSA) is 78.0 Å². The number of anilines is 1. The molecule has 0 saturated carbocycles. The Hall–Kier alpha value is -2.44. The molecule has 1 amide bonds. The molecule has 2 saturated heterocycles. The van der Waals surface area contributed by atoms with Crippen molar-refractivity contribution >= 4 is 11.7 Å². The molecule has 2 fully saturated rings. The van der Waals surface area contributed by atoms with E-state index in [1.807, 2.05) is 24.1 Å². The van der Waals surface area contributed by atoms with Gasteiger partial charge in [-0.15, -0.1) is 0 Å². The lowest BCUT2D eigenvalue weighted by atomic mass is 9.92. The summed E-state index contributed by atoms with van der Waals surface area (Å²) in [5.74, 6) is 2.05. The van der Waals surface area contributed by atoms with Crippen molar-refractivity contribution in [3.63, 3.8) is 0 Å². The summed E-state index contributed by atoms with van der Waals surface area (Å²) in [6.07, 6.45) is 3.47. The van der Waals surface area contributed by atoms with Crippen LogP contribution in [0, 0.1) is 18.8 Å². The van der Waals surface area contributed by atoms with Gasteiger partial charge in [-0.25, -0.2) is 9.97 Å². The van der Waals surface area contributed by atoms with Crippen molar-refractivity contribution < 1.29 is 4.79 Å². The average Bonchev–Trinajstić information content (AvgIpc) is 3.28. The smallest absolute Gasteiger partial charge is 0.274 e. The predicted molar refractivity (Wildman–Crippen MR) is 99.2 cm³/mol. The Bertz CT molecular complexity index is 809. The van der Waals surface area contributed by atoms with Gasteiger partial charge in [-0.2, -0.15) is 5.10 Å². The highest BCUT2D eigenvalue weighted by atomic mass is 16.2. The Morgan fingerprint density at radius 2 is 1.88 bits per heavy atom. The van der Waals surface area contributed by atoms with Gasteiger partial charge in [0.2, 0.25) is 0 Å². The summed E-state index contributed by atoms with van der Waals surface area (Å²) >= 11 is 0. The summed E-state index contributed by atoms with van der Waals surface area (Å²) in [6.45, 7) is 11.9. The minimum absolute atomic E-state index is 0.0379. The van der Waals surface area contributed by atoms with Gasteiger partial charge in [-0.3, -0.25) is 9.89 Å². The number of nitrogens with zero attached hydrogens (tertiary/aromatic N) is 5. The van der Waals surface area contributed by atoms with Crippen molar-refractivity contribution in [1.29, 1.82) is 0 Å². The maximum absolute atomic E-state index is 12.8. The third-order valence-electron chi connectivity index (χ3n) is 5.55. The standard InChI is InChI=1S/C19H26N6O/c1-12-6-20-11-21-17(12)24-7-13-9-25(10-14(13)8-24)18(26)15-5-16(23-22-15)19(2,3)4/h5-6,11,13-14H,7-10H2,1-4H3,(H,22,23). The molecule has 4 heterocycles. The third-order valence-corrected chi connectivity index (χ3v) is 5.55. The maximum atomic E-state index is 12.8. The molecule has 7 heteroatoms. The quantitative estimate of drug-likeness (QED) is 0.893. The molecular weight excluding hydrogens is 328 g/mol. The molecule has 0 bridgehead atoms. The van der Waals surface area contributed by atoms with Gasteiger partial charge in [0, 0.05) is 60.9 Å². The number of fused-ring (bicyclic) bond motifs is 1. The number of hydrogen-bond donors (Lipinski definition) is 1. The Morgan fingerprint density at radius 1 is 1.19 bits per heavy atom. The third kappa shape index (κ3) is 2.95. The molecule has 1 N–H and O–H groups in total. The summed E-state index contributed by atoms with van der Waals surface area (Å²) in [4.78, 5) is 25.6. The number of carbonyl (C=O) groups is 1. The summed E-state index contributed by atoms with van der Waals surface area (Å²) in [7, 11) is 0. The van der Waals surface area contributed by atoms with Gasteiger partial charge in [0.1, 0.15) is 17.8 Å². The lowest BCUT2D eigenvalue weighted by Gasteiger charge is -2.23. The fraction of sp³-hybridized carbons (Fsp3) is 0.579. The first-order valence-corrected chi connectivity index (χ1v) is 9.19. The first kappa shape index (κ1) is 17.0. The van der Waals surface area contributed by atoms with Crippen molar-refractivity contribution in [2.45, 2.75) is 33.1 Å². The second-order valence-corrected chi connectivity index (χ2v) is 8.58. The monoisotopic (exact) mass is 354 g/mol. The Kier molecular flexibility index (Phi) is 3.97. The van der Waals surface area contributed by atoms with Crippen LogP contribution >= 0.6 is 0 Å². The molecule has 2 aromatic rings. The number of aromatic amines is 1. The highest BCUT2D eigenvalue weighted by Crippen LogP contribution is 2.34. The molecule has 2 atom stereocenters. The molecular formula is C19H26N6O. The molecule has 138 valence electrons. The molecule has 2 aliphatic heterocycles. The normalized spacial score (nSPS) is 22.8. The van der Waals surface area contributed by atoms with E-state index in [0.29, 0.717) is 17.5 Å². The van der Waals surface area contributed by atoms with E-state index < -0.39 is 0 Å². The number of hydrogen-bond acceptors (Lipinski definition) is 5. The van der Waals surface area contributed by atoms with Crippen LogP contribution in [0.3, 0.4) is 0 Å². The van der Waals surface area contributed by atoms with Crippen molar-refractivity contribution in [2.24, 2.45) is 11.8 Å². The van der Waals surface area contributed by atoms with Crippen LogP contribution in [0.25, 0.3) is 0 Å². The Morgan fingerprint density at radius 3 is 2.46 bits per heavy atom. The van der Waals surface area contributed by atoms with Gasteiger partial charge in [0.05, 0.1) is 0 Å². The molecule has 0 aromatic carbocycles. The van der Waals surface area contributed by atoms with E-state index in [1.54, 1.807) is 6.33 Å². The molecule has 4 rings (SSSR count). The van der Waals surface area contributed by atoms with E-state index in [9.17, 15) is 4.79 Å². The van der Waals surface area contributed by atoms with Crippen molar-refractivity contribution in [2.75, 3.05) is 31.1 Å². The molecule has 7 nitrogen and oxygen atoms in total. The number of H-pyrrole nitrogens is 1. The number of rotatable bonds is 2. The van der Waals surface area contributed by atoms with E-state index in [1.165, 1.54) is 0 Å². The first-order valence-electron chi connectivity index (χ1n) is 9.19. The molecule has 2 unspecified atom stereocenters. The second kappa shape index (κ2) is 6.07. The zero-order valence-corrected chi connectivity index (χ0v) is 15.9. The fourth-order valence-electron chi connectivity index (χ4n) is 4.03. The van der Waals surface area contributed by atoms with Crippen LogP contribution in [0.4, 0.5) is 5.82 Å². The fourth-order valence-corrected chi connectivity index (χ4v) is 4.03. The summed E-state index contributed by atoms with van der Waals surface area (Å²) in [6, 6.07) is 1.90. The number of carbonyl (C=O) groups excluding carboxylic acids is 1. The van der Waals surface area contributed by atoms with Gasteiger partial charge in [0.25, 0.3) is 5.91 Å². The highest BCUT2D eigenvalue weighted by Gasteiger charge is 2.42. The van der Waals surface area contributed by atoms with E-state index in [4.69, 9.17) is 0 Å². The van der Waals surface area contributed by atoms with E-state index in [0.717, 1.165) is 43.3 Å². The number of amides is 1. The molecule has 26 heavy (non-hydrogen) atoms. The number of aryl methyl sites for hydroxylation is 1. The van der Waals surface area contributed by atoms with Gasteiger partial charge in [-0.1, -0.05) is 20.8 Å². The van der Waals surface area contributed by atoms with E-state index >= 15 is 0 Å². The van der Waals surface area contributed by atoms with E-state index in [2.05, 4.69) is 45.8 Å². The summed E-state index contributed by atoms with van der Waals surface area (Å²) in [5, 5.41) is 7.27. The molecule has 0 radical (unpaired) electrons. The largest absolute Gasteiger partial charge is 0.356 e. The van der Waals surface area contributed by atoms with Crippen LogP contribution in [0.2, 0.25) is 0 Å². The van der Waals surface area contributed by atoms with Gasteiger partial charge in [0.15, 0.2) is 0 Å². The SMILES string of the molecule is Cc1cncnc1N1CC2CN(C(=O)c3cc(C(C)(C)C)[nH]n3)CC2C1. The van der Waals surface area contributed by atoms with Crippen molar-refractivity contribution in [3.05, 3.63) is 35.5 Å². The van der Waals surface area contributed by atoms with Crippen molar-refractivity contribution in [3.8, 4) is 0 Å². The number of aromatic nitrogens is 4. The number of likely N-dealkylation sites (tertiary alicyclic amines) is 1. The minimum Gasteiger partial charge on any atom is -0.356 e. The molecule has 2 aliphatic rings. The van der Waals surface area contributed by atoms with Crippen LogP contribution in [-0.2, 0) is 5.41 Å². The molecule has 0 aliphatic carbocycles. The first-order chi connectivity index (χ1) is 12.3. The van der Waals surface area contributed by atoms with E-state index in [-0.39, 0.29) is 11.3 Å². The molecule has 2 aromatic heterocycles. The van der Waals surface area contributed by atoms with Gasteiger partial charge >= 0.3 is 0 Å². The number of nitrogens with one attached hydrogen (secondary N) is 1. The zero-order chi connectivity index (χ0) is 18.5. The summed E-state index contributed by atoms with van der Waals surface area (Å²) in [5.41, 5.74) is 2.58. The van der Waals surface area contributed by atoms with Crippen molar-refractivity contribution in [1.82, 2.24) is 25.1 Å². The lowest BCUT2D eigenvalue weighted by molar-refractivity contribution is 0.0776. The highest BCUT2D eigenvalue weighted by molar-refractivity contribution is 5.92. The van der Waals surface area contributed by atoms with Crippen LogP contribution < -0.4 is 4.90 Å². The van der Waals surface area contributed by atoms with Crippen LogP contribution in [0.15, 0.2) is 18.6 Å². The Labute approximate surface area is 153 Å². The van der Waals surface area contributed by atoms with Crippen LogP contribution in [0.1, 0.15) is 42.5 Å². The predicted octanol–water partition coefficient (Wildman–Crippen LogP) is 2.01. The average molecular weight is 354 g/mol. The minimum atomic E-state index is -0.0387. The lowest BCUT2D eigenvalue weighted by Crippen LogP contribution is -2.33. The maximum Gasteiger partial charge on any atom is 0.274 e. The Balaban J connectivity index is 1.42. The van der Waals surface area contributed by atoms with Gasteiger partial charge in [-0.05, 0) is 13.0 Å². The second-order valence-electron chi connectivity index (χ2n) is 8.58. The van der Waals surface area contributed by atoms with Crippen LogP contribution in [0.5, 0.6) is 0 Å². The van der Waals surface area contributed by atoms with Crippen LogP contribution in [-0.4, -0.2) is 57.2 Å². The zero-order valence-electron chi connectivity index (χ0n) is 15.9. The van der Waals surface area contributed by atoms with Gasteiger partial charge < -0.3 is 9.80 Å².